The molecule has 1 aromatic carbocycles. The third-order valence-electron chi connectivity index (χ3n) is 2.34. The van der Waals surface area contributed by atoms with Crippen LogP contribution in [0.25, 0.3) is 0 Å². The van der Waals surface area contributed by atoms with Crippen molar-refractivity contribution in [2.45, 2.75) is 26.7 Å². The van der Waals surface area contributed by atoms with E-state index in [-0.39, 0.29) is 23.4 Å². The first-order valence-electron chi connectivity index (χ1n) is 4.81. The Labute approximate surface area is 83.9 Å². The lowest BCUT2D eigenvalue weighted by atomic mass is 9.90. The fourth-order valence-corrected chi connectivity index (χ4v) is 1.44. The number of hydrogen-bond donors (Lipinski definition) is 0. The van der Waals surface area contributed by atoms with Crippen LogP contribution in [-0.2, 0) is 4.79 Å². The molecule has 0 aliphatic carbocycles. The summed E-state index contributed by atoms with van der Waals surface area (Å²) in [4.78, 5) is 11.6. The van der Waals surface area contributed by atoms with Gasteiger partial charge in [-0.25, -0.2) is 4.39 Å². The molecule has 2 heteroatoms. The van der Waals surface area contributed by atoms with E-state index in [1.807, 2.05) is 20.8 Å². The van der Waals surface area contributed by atoms with Gasteiger partial charge < -0.3 is 0 Å². The maximum absolute atomic E-state index is 12.9. The van der Waals surface area contributed by atoms with Gasteiger partial charge in [-0.3, -0.25) is 4.79 Å². The summed E-state index contributed by atoms with van der Waals surface area (Å²) in [6.07, 6.45) is 0. The number of hydrogen-bond acceptors (Lipinski definition) is 1. The van der Waals surface area contributed by atoms with E-state index in [4.69, 9.17) is 0 Å². The number of halogens is 1. The number of benzene rings is 1. The lowest BCUT2D eigenvalue weighted by Crippen LogP contribution is -2.15. The van der Waals surface area contributed by atoms with Crippen molar-refractivity contribution in [1.82, 2.24) is 0 Å². The Kier molecular flexibility index (Phi) is 3.39. The minimum atomic E-state index is -0.286. The van der Waals surface area contributed by atoms with Gasteiger partial charge in [0.05, 0.1) is 0 Å². The molecule has 0 fully saturated rings. The quantitative estimate of drug-likeness (QED) is 0.722. The van der Waals surface area contributed by atoms with Crippen LogP contribution in [0.4, 0.5) is 4.39 Å². The zero-order chi connectivity index (χ0) is 10.7. The molecule has 0 radical (unpaired) electrons. The van der Waals surface area contributed by atoms with Gasteiger partial charge in [0.15, 0.2) is 0 Å². The predicted molar refractivity (Wildman–Crippen MR) is 54.7 cm³/mol. The second-order valence-corrected chi connectivity index (χ2v) is 3.83. The molecule has 0 N–H and O–H groups in total. The third-order valence-corrected chi connectivity index (χ3v) is 2.34. The molecule has 0 heterocycles. The summed E-state index contributed by atoms with van der Waals surface area (Å²) in [5.41, 5.74) is 0.753. The fraction of sp³-hybridized carbons (Fsp3) is 0.417. The molecule has 14 heavy (non-hydrogen) atoms. The van der Waals surface area contributed by atoms with Crippen LogP contribution >= 0.6 is 0 Å². The first-order chi connectivity index (χ1) is 6.52. The van der Waals surface area contributed by atoms with Crippen molar-refractivity contribution >= 4 is 5.78 Å². The lowest BCUT2D eigenvalue weighted by Gasteiger charge is -2.13. The molecular formula is C12H15FO. The maximum atomic E-state index is 12.9. The molecule has 0 bridgehead atoms. The van der Waals surface area contributed by atoms with Crippen LogP contribution in [0, 0.1) is 11.7 Å². The van der Waals surface area contributed by atoms with Gasteiger partial charge in [-0.1, -0.05) is 32.9 Å². The standard InChI is InChI=1S/C12H15FO/c1-8(2)12(14)9(3)10-5-4-6-11(13)7-10/h4-9H,1-3H3. The average Bonchev–Trinajstić information content (AvgIpc) is 2.15. The van der Waals surface area contributed by atoms with E-state index in [1.165, 1.54) is 12.1 Å². The van der Waals surface area contributed by atoms with E-state index in [9.17, 15) is 9.18 Å². The number of Topliss-reactive ketones (excluding diaryl/α,β-unsaturated/α-hetero) is 1. The largest absolute Gasteiger partial charge is 0.299 e. The maximum Gasteiger partial charge on any atom is 0.142 e. The first-order valence-corrected chi connectivity index (χ1v) is 4.81. The highest BCUT2D eigenvalue weighted by Gasteiger charge is 2.18. The van der Waals surface area contributed by atoms with Crippen LogP contribution in [0.3, 0.4) is 0 Å². The van der Waals surface area contributed by atoms with E-state index in [1.54, 1.807) is 12.1 Å². The molecule has 0 aliphatic rings. The van der Waals surface area contributed by atoms with Crippen LogP contribution in [-0.4, -0.2) is 5.78 Å². The molecule has 1 rings (SSSR count). The van der Waals surface area contributed by atoms with Crippen molar-refractivity contribution in [1.29, 1.82) is 0 Å². The van der Waals surface area contributed by atoms with Crippen molar-refractivity contribution in [3.05, 3.63) is 35.6 Å². The Morgan fingerprint density at radius 1 is 1.29 bits per heavy atom. The zero-order valence-electron chi connectivity index (χ0n) is 8.75. The van der Waals surface area contributed by atoms with Crippen LogP contribution in [0.2, 0.25) is 0 Å². The average molecular weight is 194 g/mol. The smallest absolute Gasteiger partial charge is 0.142 e. The van der Waals surface area contributed by atoms with Gasteiger partial charge in [0.2, 0.25) is 0 Å². The second-order valence-electron chi connectivity index (χ2n) is 3.83. The second kappa shape index (κ2) is 4.36. The normalized spacial score (nSPS) is 12.9. The Morgan fingerprint density at radius 3 is 2.43 bits per heavy atom. The predicted octanol–water partition coefficient (Wildman–Crippen LogP) is 3.15. The third kappa shape index (κ3) is 2.41. The topological polar surface area (TPSA) is 17.1 Å². The van der Waals surface area contributed by atoms with Crippen LogP contribution in [0.15, 0.2) is 24.3 Å². The van der Waals surface area contributed by atoms with Crippen molar-refractivity contribution in [3.8, 4) is 0 Å². The summed E-state index contributed by atoms with van der Waals surface area (Å²) in [6, 6.07) is 6.23. The number of carbonyl (C=O) groups is 1. The summed E-state index contributed by atoms with van der Waals surface area (Å²) in [5.74, 6) is -0.361. The molecule has 76 valence electrons. The Bertz CT molecular complexity index is 331. The summed E-state index contributed by atoms with van der Waals surface area (Å²) < 4.78 is 12.9. The minimum Gasteiger partial charge on any atom is -0.299 e. The van der Waals surface area contributed by atoms with Crippen LogP contribution < -0.4 is 0 Å². The van der Waals surface area contributed by atoms with E-state index < -0.39 is 0 Å². The number of carbonyl (C=O) groups excluding carboxylic acids is 1. The Balaban J connectivity index is 2.89. The SMILES string of the molecule is CC(C)C(=O)C(C)c1cccc(F)c1. The van der Waals surface area contributed by atoms with Gasteiger partial charge >= 0.3 is 0 Å². The van der Waals surface area contributed by atoms with Gasteiger partial charge in [-0.05, 0) is 17.7 Å². The van der Waals surface area contributed by atoms with Gasteiger partial charge in [0.25, 0.3) is 0 Å². The molecule has 1 aromatic rings. The molecule has 0 aliphatic heterocycles. The van der Waals surface area contributed by atoms with Crippen molar-refractivity contribution in [3.63, 3.8) is 0 Å². The van der Waals surface area contributed by atoms with Crippen molar-refractivity contribution in [2.75, 3.05) is 0 Å². The molecule has 1 atom stereocenters. The highest BCUT2D eigenvalue weighted by Crippen LogP contribution is 2.20. The minimum absolute atomic E-state index is 0.00623. The van der Waals surface area contributed by atoms with E-state index in [2.05, 4.69) is 0 Å². The van der Waals surface area contributed by atoms with E-state index in [0.717, 1.165) is 5.56 Å². The van der Waals surface area contributed by atoms with Gasteiger partial charge in [0, 0.05) is 11.8 Å². The van der Waals surface area contributed by atoms with Crippen molar-refractivity contribution in [2.24, 2.45) is 5.92 Å². The van der Waals surface area contributed by atoms with Crippen molar-refractivity contribution < 1.29 is 9.18 Å². The van der Waals surface area contributed by atoms with Crippen LogP contribution in [0.5, 0.6) is 0 Å². The highest BCUT2D eigenvalue weighted by atomic mass is 19.1. The molecule has 0 saturated carbocycles. The molecular weight excluding hydrogens is 179 g/mol. The summed E-state index contributed by atoms with van der Waals surface area (Å²) in [5, 5.41) is 0. The van der Waals surface area contributed by atoms with E-state index in [0.29, 0.717) is 0 Å². The molecule has 0 amide bonds. The molecule has 1 nitrogen and oxygen atoms in total. The molecule has 0 aromatic heterocycles. The first kappa shape index (κ1) is 10.9. The molecule has 1 unspecified atom stereocenters. The molecule has 0 spiro atoms. The number of rotatable bonds is 3. The van der Waals surface area contributed by atoms with Crippen LogP contribution in [0.1, 0.15) is 32.3 Å². The van der Waals surface area contributed by atoms with E-state index >= 15 is 0 Å². The van der Waals surface area contributed by atoms with Gasteiger partial charge in [-0.15, -0.1) is 0 Å². The number of ketones is 1. The lowest BCUT2D eigenvalue weighted by molar-refractivity contribution is -0.123. The zero-order valence-corrected chi connectivity index (χ0v) is 8.75. The van der Waals surface area contributed by atoms with Gasteiger partial charge in [0.1, 0.15) is 11.6 Å². The molecule has 0 saturated heterocycles. The Morgan fingerprint density at radius 2 is 1.93 bits per heavy atom. The highest BCUT2D eigenvalue weighted by molar-refractivity contribution is 5.86. The summed E-state index contributed by atoms with van der Waals surface area (Å²) in [7, 11) is 0. The fourth-order valence-electron chi connectivity index (χ4n) is 1.44. The Hall–Kier alpha value is -1.18. The van der Waals surface area contributed by atoms with Gasteiger partial charge in [-0.2, -0.15) is 0 Å². The summed E-state index contributed by atoms with van der Waals surface area (Å²) in [6.45, 7) is 5.54. The monoisotopic (exact) mass is 194 g/mol. The summed E-state index contributed by atoms with van der Waals surface area (Å²) >= 11 is 0.